The highest BCUT2D eigenvalue weighted by Crippen LogP contribution is 2.14. The molecule has 0 aliphatic rings. The summed E-state index contributed by atoms with van der Waals surface area (Å²) in [5, 5.41) is 5.33. The third-order valence-corrected chi connectivity index (χ3v) is 4.57. The molecule has 134 valence electrons. The number of hydrogen-bond acceptors (Lipinski definition) is 6. The van der Waals surface area contributed by atoms with E-state index in [1.165, 1.54) is 17.6 Å². The highest BCUT2D eigenvalue weighted by Gasteiger charge is 2.14. The topological polar surface area (TPSA) is 81.4 Å². The van der Waals surface area contributed by atoms with Gasteiger partial charge in [0.25, 0.3) is 0 Å². The zero-order valence-corrected chi connectivity index (χ0v) is 15.0. The average molecular weight is 370 g/mol. The monoisotopic (exact) mass is 370 g/mol. The van der Waals surface area contributed by atoms with Crippen LogP contribution < -0.4 is 5.32 Å². The Morgan fingerprint density at radius 2 is 2.04 bits per heavy atom. The molecular formula is C19H18N2O4S. The second-order valence-electron chi connectivity index (χ2n) is 5.64. The number of thiazole rings is 1. The van der Waals surface area contributed by atoms with Gasteiger partial charge in [-0.05, 0) is 18.6 Å². The first-order valence-corrected chi connectivity index (χ1v) is 8.95. The van der Waals surface area contributed by atoms with Gasteiger partial charge in [0.2, 0.25) is 5.91 Å². The third kappa shape index (κ3) is 4.80. The lowest BCUT2D eigenvalue weighted by atomic mass is 10.2. The maximum atomic E-state index is 12.0. The number of nitrogens with zero attached hydrogens (tertiary/aromatic N) is 1. The molecular weight excluding hydrogens is 352 g/mol. The van der Waals surface area contributed by atoms with Gasteiger partial charge < -0.3 is 14.5 Å². The van der Waals surface area contributed by atoms with Crippen molar-refractivity contribution in [2.45, 2.75) is 26.5 Å². The summed E-state index contributed by atoms with van der Waals surface area (Å²) in [5.41, 5.74) is 2.07. The Bertz CT molecular complexity index is 886. The number of benzene rings is 1. The van der Waals surface area contributed by atoms with E-state index in [1.807, 2.05) is 30.3 Å². The maximum Gasteiger partial charge on any atom is 0.342 e. The average Bonchev–Trinajstić information content (AvgIpc) is 3.27. The van der Waals surface area contributed by atoms with Crippen LogP contribution in [-0.2, 0) is 29.1 Å². The number of furan rings is 1. The maximum absolute atomic E-state index is 12.0. The summed E-state index contributed by atoms with van der Waals surface area (Å²) >= 11 is 1.37. The summed E-state index contributed by atoms with van der Waals surface area (Å²) in [5.74, 6) is -0.0313. The zero-order valence-electron chi connectivity index (χ0n) is 14.2. The lowest BCUT2D eigenvalue weighted by molar-refractivity contribution is -0.120. The molecule has 0 unspecified atom stereocenters. The number of hydrogen-bond donors (Lipinski definition) is 1. The fourth-order valence-electron chi connectivity index (χ4n) is 2.31. The molecule has 0 radical (unpaired) electrons. The number of carbonyl (C=O) groups is 2. The minimum atomic E-state index is -0.452. The Morgan fingerprint density at radius 3 is 2.77 bits per heavy atom. The van der Waals surface area contributed by atoms with Gasteiger partial charge in [0.05, 0.1) is 18.4 Å². The number of nitrogens with one attached hydrogen (secondary N) is 1. The Balaban J connectivity index is 1.46. The van der Waals surface area contributed by atoms with E-state index in [-0.39, 0.29) is 18.9 Å². The van der Waals surface area contributed by atoms with E-state index in [2.05, 4.69) is 10.3 Å². The largest absolute Gasteiger partial charge is 0.469 e. The SMILES string of the molecule is Cc1occc1C(=O)OCc1csc(CC(=O)NCc2ccccc2)n1. The van der Waals surface area contributed by atoms with Crippen LogP contribution in [0.5, 0.6) is 0 Å². The first-order valence-electron chi connectivity index (χ1n) is 8.07. The Morgan fingerprint density at radius 1 is 1.23 bits per heavy atom. The molecule has 2 heterocycles. The summed E-state index contributed by atoms with van der Waals surface area (Å²) in [6.07, 6.45) is 1.65. The molecule has 1 aromatic carbocycles. The van der Waals surface area contributed by atoms with Crippen molar-refractivity contribution < 1.29 is 18.7 Å². The van der Waals surface area contributed by atoms with Gasteiger partial charge in [-0.2, -0.15) is 0 Å². The van der Waals surface area contributed by atoms with E-state index in [9.17, 15) is 9.59 Å². The minimum Gasteiger partial charge on any atom is -0.469 e. The van der Waals surface area contributed by atoms with Gasteiger partial charge in [-0.15, -0.1) is 11.3 Å². The fraction of sp³-hybridized carbons (Fsp3) is 0.211. The van der Waals surface area contributed by atoms with Crippen LogP contribution in [-0.4, -0.2) is 16.9 Å². The van der Waals surface area contributed by atoms with Crippen molar-refractivity contribution in [1.29, 1.82) is 0 Å². The van der Waals surface area contributed by atoms with Crippen LogP contribution in [0.4, 0.5) is 0 Å². The van der Waals surface area contributed by atoms with E-state index in [0.717, 1.165) is 5.56 Å². The molecule has 0 aliphatic heterocycles. The fourth-order valence-corrected chi connectivity index (χ4v) is 3.08. The molecule has 0 saturated carbocycles. The number of ether oxygens (including phenoxy) is 1. The normalized spacial score (nSPS) is 10.5. The van der Waals surface area contributed by atoms with Crippen molar-refractivity contribution in [3.05, 3.63) is 75.6 Å². The van der Waals surface area contributed by atoms with Crippen LogP contribution in [0.3, 0.4) is 0 Å². The van der Waals surface area contributed by atoms with E-state index in [4.69, 9.17) is 9.15 Å². The number of carbonyl (C=O) groups excluding carboxylic acids is 2. The van der Waals surface area contributed by atoms with Crippen LogP contribution in [0.15, 0.2) is 52.5 Å². The predicted octanol–water partition coefficient (Wildman–Crippen LogP) is 3.26. The first kappa shape index (κ1) is 17.9. The lowest BCUT2D eigenvalue weighted by Gasteiger charge is -2.04. The molecule has 0 atom stereocenters. The van der Waals surface area contributed by atoms with Crippen LogP contribution in [0.2, 0.25) is 0 Å². The molecule has 2 aromatic heterocycles. The number of amides is 1. The Hall–Kier alpha value is -2.93. The molecule has 26 heavy (non-hydrogen) atoms. The molecule has 3 aromatic rings. The first-order chi connectivity index (χ1) is 12.6. The van der Waals surface area contributed by atoms with Crippen LogP contribution in [0.1, 0.15) is 32.4 Å². The smallest absolute Gasteiger partial charge is 0.342 e. The van der Waals surface area contributed by atoms with Crippen LogP contribution >= 0.6 is 11.3 Å². The molecule has 6 nitrogen and oxygen atoms in total. The molecule has 0 bridgehead atoms. The zero-order chi connectivity index (χ0) is 18.4. The van der Waals surface area contributed by atoms with E-state index in [1.54, 1.807) is 18.4 Å². The van der Waals surface area contributed by atoms with Gasteiger partial charge in [0, 0.05) is 11.9 Å². The standard InChI is InChI=1S/C19H18N2O4S/c1-13-16(7-8-24-13)19(23)25-11-15-12-26-18(21-15)9-17(22)20-10-14-5-3-2-4-6-14/h2-8,12H,9-11H2,1H3,(H,20,22). The molecule has 0 fully saturated rings. The molecule has 0 aliphatic carbocycles. The van der Waals surface area contributed by atoms with Gasteiger partial charge in [-0.25, -0.2) is 9.78 Å². The van der Waals surface area contributed by atoms with Gasteiger partial charge in [0.15, 0.2) is 0 Å². The molecule has 0 spiro atoms. The van der Waals surface area contributed by atoms with Crippen LogP contribution in [0.25, 0.3) is 0 Å². The van der Waals surface area contributed by atoms with Crippen molar-refractivity contribution in [2.75, 3.05) is 0 Å². The summed E-state index contributed by atoms with van der Waals surface area (Å²) in [6, 6.07) is 11.3. The van der Waals surface area contributed by atoms with Crippen LogP contribution in [0, 0.1) is 6.92 Å². The molecule has 1 amide bonds. The van der Waals surface area contributed by atoms with E-state index >= 15 is 0 Å². The lowest BCUT2D eigenvalue weighted by Crippen LogP contribution is -2.24. The third-order valence-electron chi connectivity index (χ3n) is 3.67. The van der Waals surface area contributed by atoms with E-state index in [0.29, 0.717) is 28.6 Å². The highest BCUT2D eigenvalue weighted by atomic mass is 32.1. The van der Waals surface area contributed by atoms with Crippen molar-refractivity contribution in [2.24, 2.45) is 0 Å². The molecule has 3 rings (SSSR count). The quantitative estimate of drug-likeness (QED) is 0.646. The van der Waals surface area contributed by atoms with Crippen molar-refractivity contribution in [1.82, 2.24) is 10.3 Å². The second-order valence-corrected chi connectivity index (χ2v) is 6.58. The Labute approximate surface area is 154 Å². The number of aryl methyl sites for hydroxylation is 1. The van der Waals surface area contributed by atoms with Crippen molar-refractivity contribution >= 4 is 23.2 Å². The Kier molecular flexibility index (Phi) is 5.80. The molecule has 0 saturated heterocycles. The summed E-state index contributed by atoms with van der Waals surface area (Å²) in [6.45, 7) is 2.25. The molecule has 1 N–H and O–H groups in total. The van der Waals surface area contributed by atoms with Gasteiger partial charge >= 0.3 is 5.97 Å². The minimum absolute atomic E-state index is 0.0611. The summed E-state index contributed by atoms with van der Waals surface area (Å²) < 4.78 is 10.3. The van der Waals surface area contributed by atoms with E-state index < -0.39 is 5.97 Å². The second kappa shape index (κ2) is 8.44. The van der Waals surface area contributed by atoms with Crippen molar-refractivity contribution in [3.63, 3.8) is 0 Å². The molecule has 7 heteroatoms. The van der Waals surface area contributed by atoms with Gasteiger partial charge in [0.1, 0.15) is 22.9 Å². The predicted molar refractivity (Wildman–Crippen MR) is 96.7 cm³/mol. The van der Waals surface area contributed by atoms with Crippen molar-refractivity contribution in [3.8, 4) is 0 Å². The number of esters is 1. The van der Waals surface area contributed by atoms with Gasteiger partial charge in [-0.3, -0.25) is 4.79 Å². The summed E-state index contributed by atoms with van der Waals surface area (Å²) in [7, 11) is 0. The van der Waals surface area contributed by atoms with Gasteiger partial charge in [-0.1, -0.05) is 30.3 Å². The number of rotatable bonds is 7. The highest BCUT2D eigenvalue weighted by molar-refractivity contribution is 7.09. The summed E-state index contributed by atoms with van der Waals surface area (Å²) in [4.78, 5) is 28.3. The number of aromatic nitrogens is 1.